The van der Waals surface area contributed by atoms with E-state index < -0.39 is 11.7 Å². The molecule has 10 heteroatoms. The van der Waals surface area contributed by atoms with Crippen LogP contribution in [0.25, 0.3) is 11.0 Å². The van der Waals surface area contributed by atoms with Crippen LogP contribution < -0.4 is 5.69 Å². The standard InChI is InChI=1S/C28H34F3N5O2/c1-2-13-35-25-18-22(28(29,30)31)3-4-24(25)36(27(35)38)23-9-16-34(17-10-23)26(37)21-7-14-33(15-8-21)19-20-5-11-32-12-6-20/h3-6,11-12,18,21,23H,2,7-10,13-17,19H2,1H3. The van der Waals surface area contributed by atoms with Gasteiger partial charge >= 0.3 is 11.9 Å². The first-order valence-corrected chi connectivity index (χ1v) is 13.5. The minimum Gasteiger partial charge on any atom is -0.342 e. The second-order valence-electron chi connectivity index (χ2n) is 10.5. The van der Waals surface area contributed by atoms with E-state index in [1.165, 1.54) is 16.2 Å². The fraction of sp³-hybridized carbons (Fsp3) is 0.536. The minimum absolute atomic E-state index is 0.00946. The molecular formula is C28H34F3N5O2. The van der Waals surface area contributed by atoms with Crippen molar-refractivity contribution in [3.8, 4) is 0 Å². The fourth-order valence-electron chi connectivity index (χ4n) is 5.94. The Labute approximate surface area is 219 Å². The average Bonchev–Trinajstić information content (AvgIpc) is 3.19. The Morgan fingerprint density at radius 3 is 2.29 bits per heavy atom. The zero-order chi connectivity index (χ0) is 26.9. The number of benzene rings is 1. The van der Waals surface area contributed by atoms with Gasteiger partial charge in [-0.25, -0.2) is 4.79 Å². The lowest BCUT2D eigenvalue weighted by atomic mass is 9.93. The zero-order valence-electron chi connectivity index (χ0n) is 21.7. The van der Waals surface area contributed by atoms with Crippen LogP contribution in [0.15, 0.2) is 47.5 Å². The maximum Gasteiger partial charge on any atom is 0.416 e. The van der Waals surface area contributed by atoms with Gasteiger partial charge in [-0.15, -0.1) is 0 Å². The van der Waals surface area contributed by atoms with E-state index in [1.54, 1.807) is 17.0 Å². The summed E-state index contributed by atoms with van der Waals surface area (Å²) >= 11 is 0. The lowest BCUT2D eigenvalue weighted by molar-refractivity contribution is -0.138. The van der Waals surface area contributed by atoms with Gasteiger partial charge in [0, 0.05) is 50.5 Å². The molecule has 0 radical (unpaired) electrons. The Bertz CT molecular complexity index is 1320. The van der Waals surface area contributed by atoms with Crippen molar-refractivity contribution in [1.29, 1.82) is 0 Å². The molecular weight excluding hydrogens is 495 g/mol. The van der Waals surface area contributed by atoms with E-state index in [1.807, 2.05) is 24.0 Å². The second kappa shape index (κ2) is 10.9. The summed E-state index contributed by atoms with van der Waals surface area (Å²) in [7, 11) is 0. The van der Waals surface area contributed by atoms with Gasteiger partial charge < -0.3 is 4.90 Å². The van der Waals surface area contributed by atoms with Crippen molar-refractivity contribution in [2.45, 2.75) is 64.3 Å². The molecule has 3 aromatic rings. The third-order valence-electron chi connectivity index (χ3n) is 7.97. The van der Waals surface area contributed by atoms with Crippen molar-refractivity contribution < 1.29 is 18.0 Å². The first-order chi connectivity index (χ1) is 18.3. The lowest BCUT2D eigenvalue weighted by Crippen LogP contribution is -2.46. The predicted molar refractivity (Wildman–Crippen MR) is 139 cm³/mol. The van der Waals surface area contributed by atoms with E-state index in [0.717, 1.165) is 44.6 Å². The number of alkyl halides is 3. The van der Waals surface area contributed by atoms with Crippen LogP contribution in [0.3, 0.4) is 0 Å². The molecule has 2 aromatic heterocycles. The van der Waals surface area contributed by atoms with Gasteiger partial charge in [0.15, 0.2) is 0 Å². The van der Waals surface area contributed by atoms with E-state index in [2.05, 4.69) is 9.88 Å². The molecule has 0 saturated carbocycles. The molecule has 1 aromatic carbocycles. The third kappa shape index (κ3) is 5.36. The summed E-state index contributed by atoms with van der Waals surface area (Å²) in [5, 5.41) is 0. The summed E-state index contributed by atoms with van der Waals surface area (Å²) in [6.45, 7) is 5.98. The Morgan fingerprint density at radius 2 is 1.66 bits per heavy atom. The lowest BCUT2D eigenvalue weighted by Gasteiger charge is -2.37. The molecule has 0 spiro atoms. The van der Waals surface area contributed by atoms with Gasteiger partial charge in [0.25, 0.3) is 0 Å². The van der Waals surface area contributed by atoms with Gasteiger partial charge in [-0.3, -0.25) is 23.8 Å². The van der Waals surface area contributed by atoms with E-state index in [-0.39, 0.29) is 23.6 Å². The van der Waals surface area contributed by atoms with Crippen molar-refractivity contribution in [2.75, 3.05) is 26.2 Å². The van der Waals surface area contributed by atoms with Crippen molar-refractivity contribution in [2.24, 2.45) is 5.92 Å². The van der Waals surface area contributed by atoms with Gasteiger partial charge in [-0.2, -0.15) is 13.2 Å². The van der Waals surface area contributed by atoms with Gasteiger partial charge in [-0.1, -0.05) is 6.92 Å². The number of piperidine rings is 2. The number of pyridine rings is 1. The number of carbonyl (C=O) groups is 1. The molecule has 7 nitrogen and oxygen atoms in total. The Balaban J connectivity index is 1.24. The highest BCUT2D eigenvalue weighted by atomic mass is 19.4. The predicted octanol–water partition coefficient (Wildman–Crippen LogP) is 4.70. The summed E-state index contributed by atoms with van der Waals surface area (Å²) < 4.78 is 43.2. The molecule has 0 bridgehead atoms. The van der Waals surface area contributed by atoms with Crippen molar-refractivity contribution >= 4 is 16.9 Å². The van der Waals surface area contributed by atoms with Crippen molar-refractivity contribution in [3.05, 3.63) is 64.3 Å². The van der Waals surface area contributed by atoms with Gasteiger partial charge in [-0.05, 0) is 81.1 Å². The molecule has 204 valence electrons. The minimum atomic E-state index is -4.47. The number of halogens is 3. The monoisotopic (exact) mass is 529 g/mol. The SMILES string of the molecule is CCCn1c(=O)n(C2CCN(C(=O)C3CCN(Cc4ccncc4)CC3)CC2)c2ccc(C(F)(F)F)cc21. The number of carbonyl (C=O) groups excluding carboxylic acids is 1. The number of aromatic nitrogens is 3. The van der Waals surface area contributed by atoms with Gasteiger partial charge in [0.05, 0.1) is 16.6 Å². The summed E-state index contributed by atoms with van der Waals surface area (Å²) in [6.07, 6.45) is 2.64. The topological polar surface area (TPSA) is 63.4 Å². The van der Waals surface area contributed by atoms with Crippen LogP contribution in [0.4, 0.5) is 13.2 Å². The molecule has 0 aliphatic carbocycles. The maximum atomic E-state index is 13.4. The van der Waals surface area contributed by atoms with Gasteiger partial charge in [0.2, 0.25) is 5.91 Å². The van der Waals surface area contributed by atoms with Crippen molar-refractivity contribution in [1.82, 2.24) is 23.9 Å². The molecule has 2 saturated heterocycles. The molecule has 2 aliphatic heterocycles. The molecule has 0 unspecified atom stereocenters. The van der Waals surface area contributed by atoms with Crippen LogP contribution in [-0.4, -0.2) is 56.0 Å². The number of hydrogen-bond donors (Lipinski definition) is 0. The van der Waals surface area contributed by atoms with Crippen molar-refractivity contribution in [3.63, 3.8) is 0 Å². The number of aryl methyl sites for hydroxylation is 1. The molecule has 2 fully saturated rings. The van der Waals surface area contributed by atoms with E-state index in [4.69, 9.17) is 0 Å². The normalized spacial score (nSPS) is 18.4. The summed E-state index contributed by atoms with van der Waals surface area (Å²) in [5.41, 5.74) is 1.05. The number of fused-ring (bicyclic) bond motifs is 1. The molecule has 38 heavy (non-hydrogen) atoms. The third-order valence-corrected chi connectivity index (χ3v) is 7.97. The van der Waals surface area contributed by atoms with Crippen LogP contribution in [0.5, 0.6) is 0 Å². The molecule has 0 atom stereocenters. The van der Waals surface area contributed by atoms with Crippen LogP contribution in [-0.2, 0) is 24.1 Å². The quantitative estimate of drug-likeness (QED) is 0.464. The first kappa shape index (κ1) is 26.5. The highest BCUT2D eigenvalue weighted by Gasteiger charge is 2.34. The number of imidazole rings is 1. The molecule has 1 amide bonds. The number of amides is 1. The Morgan fingerprint density at radius 1 is 0.974 bits per heavy atom. The van der Waals surface area contributed by atoms with Crippen LogP contribution in [0.1, 0.15) is 56.2 Å². The highest BCUT2D eigenvalue weighted by molar-refractivity contribution is 5.79. The smallest absolute Gasteiger partial charge is 0.342 e. The number of likely N-dealkylation sites (tertiary alicyclic amines) is 2. The first-order valence-electron chi connectivity index (χ1n) is 13.5. The number of hydrogen-bond acceptors (Lipinski definition) is 4. The van der Waals surface area contributed by atoms with Crippen LogP contribution in [0.2, 0.25) is 0 Å². The Hall–Kier alpha value is -3.14. The maximum absolute atomic E-state index is 13.4. The average molecular weight is 530 g/mol. The van der Waals surface area contributed by atoms with Crippen LogP contribution in [0, 0.1) is 5.92 Å². The van der Waals surface area contributed by atoms with E-state index in [0.29, 0.717) is 49.9 Å². The zero-order valence-corrected chi connectivity index (χ0v) is 21.7. The molecule has 5 rings (SSSR count). The van der Waals surface area contributed by atoms with Crippen LogP contribution >= 0.6 is 0 Å². The second-order valence-corrected chi connectivity index (χ2v) is 10.5. The summed E-state index contributed by atoms with van der Waals surface area (Å²) in [6, 6.07) is 7.44. The van der Waals surface area contributed by atoms with E-state index >= 15 is 0 Å². The molecule has 0 N–H and O–H groups in total. The van der Waals surface area contributed by atoms with E-state index in [9.17, 15) is 22.8 Å². The largest absolute Gasteiger partial charge is 0.416 e. The molecule has 2 aliphatic rings. The number of rotatable bonds is 6. The summed E-state index contributed by atoms with van der Waals surface area (Å²) in [4.78, 5) is 34.9. The Kier molecular flexibility index (Phi) is 7.61. The van der Waals surface area contributed by atoms with Gasteiger partial charge in [0.1, 0.15) is 0 Å². The number of nitrogens with zero attached hydrogens (tertiary/aromatic N) is 5. The molecule has 4 heterocycles. The fourth-order valence-corrected chi connectivity index (χ4v) is 5.94. The highest BCUT2D eigenvalue weighted by Crippen LogP contribution is 2.33. The summed E-state index contributed by atoms with van der Waals surface area (Å²) in [5.74, 6) is 0.192.